The summed E-state index contributed by atoms with van der Waals surface area (Å²) >= 11 is 0. The number of methoxy groups -OCH3 is 1. The standard InChI is InChI=1S/C10H24N2O3S/c1-9(2)11-6-5-7-16(13,14)12-10(3)8-15-4/h9-12H,5-8H2,1-4H3. The molecule has 5 nitrogen and oxygen atoms in total. The molecule has 0 bridgehead atoms. The van der Waals surface area contributed by atoms with Crippen LogP contribution in [0.1, 0.15) is 27.2 Å². The SMILES string of the molecule is COCC(C)NS(=O)(=O)CCCNC(C)C. The first-order valence-electron chi connectivity index (χ1n) is 5.59. The molecule has 0 aromatic rings. The van der Waals surface area contributed by atoms with Crippen molar-refractivity contribution in [2.75, 3.05) is 26.0 Å². The van der Waals surface area contributed by atoms with E-state index in [1.807, 2.05) is 13.8 Å². The molecule has 2 N–H and O–H groups in total. The second-order valence-corrected chi connectivity index (χ2v) is 6.13. The van der Waals surface area contributed by atoms with Crippen LogP contribution in [0.15, 0.2) is 0 Å². The molecule has 0 saturated heterocycles. The van der Waals surface area contributed by atoms with Gasteiger partial charge >= 0.3 is 0 Å². The van der Waals surface area contributed by atoms with Gasteiger partial charge in [-0.05, 0) is 19.9 Å². The van der Waals surface area contributed by atoms with Gasteiger partial charge in [0.05, 0.1) is 12.4 Å². The molecule has 6 heteroatoms. The van der Waals surface area contributed by atoms with Gasteiger partial charge in [-0.3, -0.25) is 0 Å². The van der Waals surface area contributed by atoms with E-state index in [1.165, 1.54) is 0 Å². The summed E-state index contributed by atoms with van der Waals surface area (Å²) in [5, 5.41) is 3.18. The Hall–Kier alpha value is -0.170. The normalized spacial score (nSPS) is 14.3. The molecular formula is C10H24N2O3S. The molecule has 0 rings (SSSR count). The summed E-state index contributed by atoms with van der Waals surface area (Å²) in [5.41, 5.74) is 0. The van der Waals surface area contributed by atoms with Crippen molar-refractivity contribution < 1.29 is 13.2 Å². The van der Waals surface area contributed by atoms with Gasteiger partial charge in [-0.2, -0.15) is 0 Å². The Morgan fingerprint density at radius 1 is 1.25 bits per heavy atom. The molecule has 0 aromatic heterocycles. The van der Waals surface area contributed by atoms with E-state index in [9.17, 15) is 8.42 Å². The summed E-state index contributed by atoms with van der Waals surface area (Å²) in [6, 6.07) is 0.219. The van der Waals surface area contributed by atoms with E-state index in [0.717, 1.165) is 6.54 Å². The first-order valence-corrected chi connectivity index (χ1v) is 7.25. The number of nitrogens with one attached hydrogen (secondary N) is 2. The van der Waals surface area contributed by atoms with Crippen molar-refractivity contribution in [2.24, 2.45) is 0 Å². The second kappa shape index (κ2) is 8.00. The van der Waals surface area contributed by atoms with Crippen molar-refractivity contribution in [1.82, 2.24) is 10.0 Å². The zero-order valence-corrected chi connectivity index (χ0v) is 11.4. The topological polar surface area (TPSA) is 67.4 Å². The average molecular weight is 252 g/mol. The van der Waals surface area contributed by atoms with Crippen LogP contribution in [-0.4, -0.2) is 46.5 Å². The predicted octanol–water partition coefficient (Wildman–Crippen LogP) is 0.329. The third-order valence-electron chi connectivity index (χ3n) is 1.94. The Labute approximate surface area is 99.0 Å². The maximum atomic E-state index is 11.6. The number of hydrogen-bond donors (Lipinski definition) is 2. The van der Waals surface area contributed by atoms with Crippen molar-refractivity contribution in [3.05, 3.63) is 0 Å². The number of sulfonamides is 1. The summed E-state index contributed by atoms with van der Waals surface area (Å²) in [7, 11) is -1.62. The summed E-state index contributed by atoms with van der Waals surface area (Å²) in [6.07, 6.45) is 0.618. The summed E-state index contributed by atoms with van der Waals surface area (Å²) in [4.78, 5) is 0. The Morgan fingerprint density at radius 2 is 1.88 bits per heavy atom. The van der Waals surface area contributed by atoms with E-state index < -0.39 is 10.0 Å². The molecule has 0 aliphatic rings. The number of hydrogen-bond acceptors (Lipinski definition) is 4. The summed E-state index contributed by atoms with van der Waals surface area (Å²) < 4.78 is 30.6. The van der Waals surface area contributed by atoms with Crippen LogP contribution in [0.2, 0.25) is 0 Å². The van der Waals surface area contributed by atoms with Crippen molar-refractivity contribution in [1.29, 1.82) is 0 Å². The number of rotatable bonds is 9. The van der Waals surface area contributed by atoms with Gasteiger partial charge in [-0.1, -0.05) is 13.8 Å². The van der Waals surface area contributed by atoms with Crippen LogP contribution in [0.4, 0.5) is 0 Å². The van der Waals surface area contributed by atoms with Gasteiger partial charge < -0.3 is 10.1 Å². The quantitative estimate of drug-likeness (QED) is 0.580. The molecule has 0 fully saturated rings. The largest absolute Gasteiger partial charge is 0.383 e. The van der Waals surface area contributed by atoms with Gasteiger partial charge in [-0.25, -0.2) is 13.1 Å². The average Bonchev–Trinajstić information content (AvgIpc) is 2.11. The molecule has 0 saturated carbocycles. The highest BCUT2D eigenvalue weighted by molar-refractivity contribution is 7.89. The van der Waals surface area contributed by atoms with Crippen LogP contribution in [0.5, 0.6) is 0 Å². The van der Waals surface area contributed by atoms with E-state index in [4.69, 9.17) is 4.74 Å². The van der Waals surface area contributed by atoms with Crippen LogP contribution < -0.4 is 10.0 Å². The third-order valence-corrected chi connectivity index (χ3v) is 3.53. The minimum absolute atomic E-state index is 0.154. The molecule has 0 aliphatic heterocycles. The van der Waals surface area contributed by atoms with Crippen LogP contribution >= 0.6 is 0 Å². The molecule has 0 heterocycles. The van der Waals surface area contributed by atoms with E-state index in [-0.39, 0.29) is 11.8 Å². The molecule has 0 radical (unpaired) electrons. The fourth-order valence-electron chi connectivity index (χ4n) is 1.30. The van der Waals surface area contributed by atoms with Gasteiger partial charge in [-0.15, -0.1) is 0 Å². The minimum atomic E-state index is -3.17. The van der Waals surface area contributed by atoms with E-state index in [0.29, 0.717) is 19.1 Å². The lowest BCUT2D eigenvalue weighted by Crippen LogP contribution is -2.37. The van der Waals surface area contributed by atoms with Crippen LogP contribution in [0, 0.1) is 0 Å². The van der Waals surface area contributed by atoms with Crippen molar-refractivity contribution in [2.45, 2.75) is 39.3 Å². The Kier molecular flexibility index (Phi) is 7.91. The lowest BCUT2D eigenvalue weighted by Gasteiger charge is -2.13. The molecule has 0 aromatic carbocycles. The lowest BCUT2D eigenvalue weighted by atomic mass is 10.4. The van der Waals surface area contributed by atoms with Crippen molar-refractivity contribution in [3.63, 3.8) is 0 Å². The fraction of sp³-hybridized carbons (Fsp3) is 1.00. The highest BCUT2D eigenvalue weighted by Gasteiger charge is 2.13. The van der Waals surface area contributed by atoms with Gasteiger partial charge in [0.15, 0.2) is 0 Å². The third kappa shape index (κ3) is 9.08. The summed E-state index contributed by atoms with van der Waals surface area (Å²) in [5.74, 6) is 0.154. The van der Waals surface area contributed by atoms with E-state index in [2.05, 4.69) is 10.0 Å². The zero-order valence-electron chi connectivity index (χ0n) is 10.6. The van der Waals surface area contributed by atoms with Crippen LogP contribution in [0.3, 0.4) is 0 Å². The molecule has 98 valence electrons. The molecule has 16 heavy (non-hydrogen) atoms. The molecular weight excluding hydrogens is 228 g/mol. The Balaban J connectivity index is 3.79. The summed E-state index contributed by atoms with van der Waals surface area (Å²) in [6.45, 7) is 6.97. The minimum Gasteiger partial charge on any atom is -0.383 e. The molecule has 0 spiro atoms. The lowest BCUT2D eigenvalue weighted by molar-refractivity contribution is 0.180. The smallest absolute Gasteiger partial charge is 0.211 e. The predicted molar refractivity (Wildman–Crippen MR) is 66.0 cm³/mol. The van der Waals surface area contributed by atoms with Crippen molar-refractivity contribution >= 4 is 10.0 Å². The van der Waals surface area contributed by atoms with E-state index in [1.54, 1.807) is 14.0 Å². The first-order chi connectivity index (χ1) is 7.37. The molecule has 0 amide bonds. The Bertz CT molecular complexity index is 265. The fourth-order valence-corrected chi connectivity index (χ4v) is 2.63. The van der Waals surface area contributed by atoms with Gasteiger partial charge in [0.25, 0.3) is 0 Å². The monoisotopic (exact) mass is 252 g/mol. The van der Waals surface area contributed by atoms with Crippen molar-refractivity contribution in [3.8, 4) is 0 Å². The van der Waals surface area contributed by atoms with Gasteiger partial charge in [0, 0.05) is 19.2 Å². The van der Waals surface area contributed by atoms with E-state index >= 15 is 0 Å². The van der Waals surface area contributed by atoms with Gasteiger partial charge in [0.1, 0.15) is 0 Å². The molecule has 0 aliphatic carbocycles. The van der Waals surface area contributed by atoms with Gasteiger partial charge in [0.2, 0.25) is 10.0 Å². The maximum absolute atomic E-state index is 11.6. The van der Waals surface area contributed by atoms with Crippen LogP contribution in [0.25, 0.3) is 0 Å². The second-order valence-electron chi connectivity index (χ2n) is 4.26. The molecule has 1 atom stereocenters. The maximum Gasteiger partial charge on any atom is 0.211 e. The Morgan fingerprint density at radius 3 is 2.38 bits per heavy atom. The highest BCUT2D eigenvalue weighted by atomic mass is 32.2. The van der Waals surface area contributed by atoms with Crippen LogP contribution in [-0.2, 0) is 14.8 Å². The first kappa shape index (κ1) is 15.8. The zero-order chi connectivity index (χ0) is 12.6. The molecule has 1 unspecified atom stereocenters. The number of ether oxygens (including phenoxy) is 1. The highest BCUT2D eigenvalue weighted by Crippen LogP contribution is 1.93.